The van der Waals surface area contributed by atoms with Crippen LogP contribution in [0.15, 0.2) is 67.4 Å². The number of allylic oxidation sites excluding steroid dienone is 1. The molecule has 0 unspecified atom stereocenters. The number of anilines is 2. The maximum Gasteiger partial charge on any atom is 0.171 e. The Morgan fingerprint density at radius 3 is 2.84 bits per heavy atom. The summed E-state index contributed by atoms with van der Waals surface area (Å²) in [6.45, 7) is 0.652. The molecule has 8 heteroatoms. The van der Waals surface area contributed by atoms with Crippen LogP contribution in [0.4, 0.5) is 11.6 Å². The van der Waals surface area contributed by atoms with Gasteiger partial charge >= 0.3 is 0 Å². The Morgan fingerprint density at radius 1 is 1.09 bits per heavy atom. The van der Waals surface area contributed by atoms with Gasteiger partial charge in [-0.15, -0.1) is 5.10 Å². The summed E-state index contributed by atoms with van der Waals surface area (Å²) < 4.78 is 0. The van der Waals surface area contributed by atoms with Gasteiger partial charge in [0, 0.05) is 35.9 Å². The lowest BCUT2D eigenvalue weighted by atomic mass is 10.1. The molecule has 158 valence electrons. The van der Waals surface area contributed by atoms with Crippen LogP contribution in [0.25, 0.3) is 16.6 Å². The van der Waals surface area contributed by atoms with Crippen molar-refractivity contribution in [1.82, 2.24) is 25.1 Å². The van der Waals surface area contributed by atoms with E-state index in [1.807, 2.05) is 55.0 Å². The van der Waals surface area contributed by atoms with Gasteiger partial charge in [0.2, 0.25) is 0 Å². The molecule has 1 saturated carbocycles. The number of pyridine rings is 3. The number of nitrogens with zero attached hydrogens (tertiary/aromatic N) is 5. The lowest BCUT2D eigenvalue weighted by molar-refractivity contribution is -0.468. The highest BCUT2D eigenvalue weighted by Gasteiger charge is 2.24. The largest absolute Gasteiger partial charge is 0.404 e. The van der Waals surface area contributed by atoms with Gasteiger partial charge in [-0.05, 0) is 60.7 Å². The van der Waals surface area contributed by atoms with Crippen LogP contribution in [0, 0.1) is 0 Å². The van der Waals surface area contributed by atoms with Gasteiger partial charge in [-0.3, -0.25) is 9.97 Å². The number of nitrogens with two attached hydrogens (primary N) is 1. The minimum Gasteiger partial charge on any atom is -0.404 e. The highest BCUT2D eigenvalue weighted by Crippen LogP contribution is 2.40. The van der Waals surface area contributed by atoms with Crippen molar-refractivity contribution in [2.45, 2.75) is 25.3 Å². The molecular formula is C24H23N8+. The first-order valence-electron chi connectivity index (χ1n) is 10.5. The summed E-state index contributed by atoms with van der Waals surface area (Å²) in [6, 6.07) is 11.8. The smallest absolute Gasteiger partial charge is 0.171 e. The Labute approximate surface area is 185 Å². The molecule has 4 heterocycles. The minimum atomic E-state index is 0.617. The van der Waals surface area contributed by atoms with E-state index in [0.717, 1.165) is 27.7 Å². The number of hydrogen-bond donors (Lipinski definition) is 3. The van der Waals surface area contributed by atoms with Crippen LogP contribution in [0.1, 0.15) is 35.4 Å². The molecule has 1 aliphatic carbocycles. The lowest BCUT2D eigenvalue weighted by Gasteiger charge is -2.07. The van der Waals surface area contributed by atoms with E-state index in [1.165, 1.54) is 18.4 Å². The highest BCUT2D eigenvalue weighted by molar-refractivity contribution is 6.07. The van der Waals surface area contributed by atoms with Crippen LogP contribution < -0.4 is 16.0 Å². The number of nitrogens with one attached hydrogen (secondary N) is 2. The maximum atomic E-state index is 5.88. The Morgan fingerprint density at radius 2 is 2.03 bits per heavy atom. The summed E-state index contributed by atoms with van der Waals surface area (Å²) >= 11 is 0. The number of hydrogen-bond acceptors (Lipinski definition) is 7. The van der Waals surface area contributed by atoms with Crippen molar-refractivity contribution in [3.05, 3.63) is 84.1 Å². The molecule has 0 saturated heterocycles. The second-order valence-corrected chi connectivity index (χ2v) is 7.74. The second-order valence-electron chi connectivity index (χ2n) is 7.74. The van der Waals surface area contributed by atoms with Crippen molar-refractivity contribution in [3.63, 3.8) is 0 Å². The predicted molar refractivity (Wildman–Crippen MR) is 124 cm³/mol. The van der Waals surface area contributed by atoms with Gasteiger partial charge in [0.1, 0.15) is 5.82 Å². The van der Waals surface area contributed by atoms with Gasteiger partial charge in [-0.2, -0.15) is 5.10 Å². The second kappa shape index (κ2) is 8.89. The van der Waals surface area contributed by atoms with E-state index < -0.39 is 0 Å². The third kappa shape index (κ3) is 4.59. The fraction of sp³-hybridized carbons (Fsp3) is 0.167. The van der Waals surface area contributed by atoms with Gasteiger partial charge < -0.3 is 11.1 Å². The zero-order valence-electron chi connectivity index (χ0n) is 17.4. The summed E-state index contributed by atoms with van der Waals surface area (Å²) in [5.41, 5.74) is 11.5. The molecule has 4 aromatic rings. The number of fused-ring (bicyclic) bond motifs is 1. The number of rotatable bonds is 7. The van der Waals surface area contributed by atoms with E-state index in [4.69, 9.17) is 10.7 Å². The first-order chi connectivity index (χ1) is 15.8. The molecule has 32 heavy (non-hydrogen) atoms. The molecule has 0 spiro atoms. The molecule has 0 bridgehead atoms. The molecule has 4 aromatic heterocycles. The zero-order chi connectivity index (χ0) is 21.8. The fourth-order valence-corrected chi connectivity index (χ4v) is 3.46. The third-order valence-electron chi connectivity index (χ3n) is 5.32. The molecular weight excluding hydrogens is 400 g/mol. The predicted octanol–water partition coefficient (Wildman–Crippen LogP) is 2.09. The summed E-state index contributed by atoms with van der Waals surface area (Å²) in [7, 11) is 0. The minimum absolute atomic E-state index is 0.617. The highest BCUT2D eigenvalue weighted by atomic mass is 15.2. The van der Waals surface area contributed by atoms with E-state index in [0.29, 0.717) is 24.1 Å². The molecule has 0 radical (unpaired) electrons. The van der Waals surface area contributed by atoms with Gasteiger partial charge in [-0.25, -0.2) is 9.98 Å². The number of aromatic nitrogens is 5. The summed E-state index contributed by atoms with van der Waals surface area (Å²) in [5.74, 6) is 2.00. The van der Waals surface area contributed by atoms with Crippen molar-refractivity contribution in [2.24, 2.45) is 5.73 Å². The van der Waals surface area contributed by atoms with Crippen molar-refractivity contribution in [3.8, 4) is 0 Å². The Hall–Kier alpha value is -4.20. The fourth-order valence-electron chi connectivity index (χ4n) is 3.46. The Kier molecular flexibility index (Phi) is 5.48. The van der Waals surface area contributed by atoms with Crippen LogP contribution in [0.2, 0.25) is 0 Å². The monoisotopic (exact) mass is 423 g/mol. The van der Waals surface area contributed by atoms with Crippen LogP contribution >= 0.6 is 0 Å². The van der Waals surface area contributed by atoms with Crippen molar-refractivity contribution >= 4 is 34.5 Å². The van der Waals surface area contributed by atoms with Gasteiger partial charge in [0.25, 0.3) is 0 Å². The Bertz CT molecular complexity index is 1300. The average molecular weight is 424 g/mol. The molecule has 0 amide bonds. The third-order valence-corrected chi connectivity index (χ3v) is 5.32. The first kappa shape index (κ1) is 19.7. The topological polar surface area (TPSA) is 116 Å². The summed E-state index contributed by atoms with van der Waals surface area (Å²) in [5, 5.41) is 11.6. The van der Waals surface area contributed by atoms with Gasteiger partial charge in [0.15, 0.2) is 18.6 Å². The van der Waals surface area contributed by atoms with E-state index >= 15 is 0 Å². The lowest BCUT2D eigenvalue weighted by Crippen LogP contribution is -2.67. The van der Waals surface area contributed by atoms with E-state index in [2.05, 4.69) is 30.5 Å². The summed E-state index contributed by atoms with van der Waals surface area (Å²) in [6.07, 6.45) is 13.1. The zero-order valence-corrected chi connectivity index (χ0v) is 17.4. The van der Waals surface area contributed by atoms with Crippen LogP contribution in [0.3, 0.4) is 0 Å². The normalized spacial score (nSPS) is 14.2. The first-order valence-corrected chi connectivity index (χ1v) is 10.5. The van der Waals surface area contributed by atoms with Crippen LogP contribution in [0.5, 0.6) is 0 Å². The molecule has 0 atom stereocenters. The molecule has 8 nitrogen and oxygen atoms in total. The molecule has 1 aliphatic rings. The average Bonchev–Trinajstić information content (AvgIpc) is 3.68. The molecule has 4 N–H and O–H groups in total. The summed E-state index contributed by atoms with van der Waals surface area (Å²) in [4.78, 5) is 16.6. The molecule has 0 aliphatic heterocycles. The van der Waals surface area contributed by atoms with Crippen LogP contribution in [-0.4, -0.2) is 31.4 Å². The van der Waals surface area contributed by atoms with Gasteiger partial charge in [0.05, 0.1) is 22.8 Å². The molecule has 5 rings (SSSR count). The standard InChI is InChI=1S/C24H22N8/c25-10-20(13-27-12-16-2-1-7-26-11-16)18-8-22-21(28-14-18)5-6-23(30-22)31-24-9-19(15-29-32-24)17-3-4-17/h1-2,5-11,13-15,17H,3-4,12,25H2,(H,30,31,32)/p+1. The van der Waals surface area contributed by atoms with Crippen molar-refractivity contribution in [2.75, 3.05) is 5.32 Å². The molecule has 0 aromatic carbocycles. The van der Waals surface area contributed by atoms with Gasteiger partial charge in [-0.1, -0.05) is 0 Å². The van der Waals surface area contributed by atoms with Crippen molar-refractivity contribution < 1.29 is 4.99 Å². The van der Waals surface area contributed by atoms with Crippen molar-refractivity contribution in [1.29, 1.82) is 0 Å². The Balaban J connectivity index is 1.35. The SMILES string of the molecule is NC=C(C=[NH+]Cc1cccnc1)c1cnc2ccc(Nc3cc(C4CC4)cnn3)nc2c1. The van der Waals surface area contributed by atoms with E-state index in [9.17, 15) is 0 Å². The van der Waals surface area contributed by atoms with E-state index in [-0.39, 0.29) is 0 Å². The van der Waals surface area contributed by atoms with E-state index in [1.54, 1.807) is 18.6 Å². The van der Waals surface area contributed by atoms with Crippen LogP contribution in [-0.2, 0) is 6.54 Å². The maximum absolute atomic E-state index is 5.88. The molecule has 1 fully saturated rings. The quantitative estimate of drug-likeness (QED) is 0.390.